The second-order valence-electron chi connectivity index (χ2n) is 5.28. The van der Waals surface area contributed by atoms with Crippen molar-refractivity contribution in [3.05, 3.63) is 57.6 Å². The van der Waals surface area contributed by atoms with E-state index < -0.39 is 6.10 Å². The molecule has 0 spiro atoms. The van der Waals surface area contributed by atoms with E-state index in [0.29, 0.717) is 0 Å². The summed E-state index contributed by atoms with van der Waals surface area (Å²) in [5, 5.41) is 9.96. The number of benzene rings is 2. The van der Waals surface area contributed by atoms with Crippen LogP contribution in [-0.2, 0) is 0 Å². The minimum Gasteiger partial charge on any atom is -0.389 e. The Kier molecular flexibility index (Phi) is 4.51. The van der Waals surface area contributed by atoms with Gasteiger partial charge < -0.3 is 10.0 Å². The molecule has 0 amide bonds. The SMILES string of the molecule is Cc1cc(C)cc(N(C)c2cc(Br)ccc2C(C)O)c1. The molecule has 2 aromatic carbocycles. The molecule has 0 aromatic heterocycles. The predicted molar refractivity (Wildman–Crippen MR) is 88.8 cm³/mol. The number of nitrogens with zero attached hydrogens (tertiary/aromatic N) is 1. The number of hydrogen-bond acceptors (Lipinski definition) is 2. The van der Waals surface area contributed by atoms with Gasteiger partial charge in [0, 0.05) is 28.5 Å². The van der Waals surface area contributed by atoms with Gasteiger partial charge in [-0.1, -0.05) is 28.1 Å². The molecule has 1 atom stereocenters. The highest BCUT2D eigenvalue weighted by atomic mass is 79.9. The van der Waals surface area contributed by atoms with Crippen molar-refractivity contribution >= 4 is 27.3 Å². The van der Waals surface area contributed by atoms with Crippen molar-refractivity contribution in [1.82, 2.24) is 0 Å². The molecule has 0 saturated carbocycles. The standard InChI is InChI=1S/C17H20BrNO/c1-11-7-12(2)9-15(8-11)19(4)17-10-14(18)5-6-16(17)13(3)20/h5-10,13,20H,1-4H3. The van der Waals surface area contributed by atoms with E-state index in [0.717, 1.165) is 21.4 Å². The van der Waals surface area contributed by atoms with Gasteiger partial charge in [0.25, 0.3) is 0 Å². The Morgan fingerprint density at radius 1 is 1.05 bits per heavy atom. The number of halogens is 1. The third kappa shape index (κ3) is 3.22. The van der Waals surface area contributed by atoms with Crippen LogP contribution in [0.3, 0.4) is 0 Å². The molecule has 2 nitrogen and oxygen atoms in total. The summed E-state index contributed by atoms with van der Waals surface area (Å²) in [5.41, 5.74) is 5.54. The third-order valence-electron chi connectivity index (χ3n) is 3.40. The van der Waals surface area contributed by atoms with Gasteiger partial charge in [-0.2, -0.15) is 0 Å². The Morgan fingerprint density at radius 2 is 1.65 bits per heavy atom. The van der Waals surface area contributed by atoms with E-state index in [1.54, 1.807) is 6.92 Å². The van der Waals surface area contributed by atoms with Crippen molar-refractivity contribution in [2.75, 3.05) is 11.9 Å². The lowest BCUT2D eigenvalue weighted by Gasteiger charge is -2.25. The van der Waals surface area contributed by atoms with Gasteiger partial charge in [-0.3, -0.25) is 0 Å². The van der Waals surface area contributed by atoms with E-state index in [1.165, 1.54) is 11.1 Å². The third-order valence-corrected chi connectivity index (χ3v) is 3.89. The van der Waals surface area contributed by atoms with Crippen molar-refractivity contribution in [3.8, 4) is 0 Å². The maximum Gasteiger partial charge on any atom is 0.0782 e. The first-order chi connectivity index (χ1) is 9.38. The molecule has 0 aliphatic carbocycles. The van der Waals surface area contributed by atoms with Crippen LogP contribution in [0.15, 0.2) is 40.9 Å². The van der Waals surface area contributed by atoms with Crippen LogP contribution in [0.25, 0.3) is 0 Å². The van der Waals surface area contributed by atoms with Crippen LogP contribution in [0.2, 0.25) is 0 Å². The Morgan fingerprint density at radius 3 is 2.20 bits per heavy atom. The molecule has 0 heterocycles. The molecule has 20 heavy (non-hydrogen) atoms. The number of hydrogen-bond donors (Lipinski definition) is 1. The van der Waals surface area contributed by atoms with Crippen molar-refractivity contribution < 1.29 is 5.11 Å². The summed E-state index contributed by atoms with van der Waals surface area (Å²) < 4.78 is 1.01. The Balaban J connectivity index is 2.52. The first kappa shape index (κ1) is 15.1. The fourth-order valence-corrected chi connectivity index (χ4v) is 2.79. The topological polar surface area (TPSA) is 23.5 Å². The summed E-state index contributed by atoms with van der Waals surface area (Å²) in [4.78, 5) is 2.12. The average molecular weight is 334 g/mol. The summed E-state index contributed by atoms with van der Waals surface area (Å²) in [6.07, 6.45) is -0.494. The Bertz CT molecular complexity index is 602. The van der Waals surface area contributed by atoms with Crippen LogP contribution < -0.4 is 4.90 Å². The van der Waals surface area contributed by atoms with Crippen LogP contribution in [0.5, 0.6) is 0 Å². The number of aryl methyl sites for hydroxylation is 2. The molecule has 2 rings (SSSR count). The smallest absolute Gasteiger partial charge is 0.0782 e. The molecule has 3 heteroatoms. The van der Waals surface area contributed by atoms with Gasteiger partial charge in [0.15, 0.2) is 0 Å². The maximum absolute atomic E-state index is 9.96. The zero-order valence-corrected chi connectivity index (χ0v) is 13.9. The number of aliphatic hydroxyl groups excluding tert-OH is 1. The quantitative estimate of drug-likeness (QED) is 0.864. The lowest BCUT2D eigenvalue weighted by Crippen LogP contribution is -2.13. The minimum atomic E-state index is -0.494. The maximum atomic E-state index is 9.96. The molecular formula is C17H20BrNO. The molecule has 0 fully saturated rings. The van der Waals surface area contributed by atoms with Crippen molar-refractivity contribution in [3.63, 3.8) is 0 Å². The van der Waals surface area contributed by atoms with Gasteiger partial charge in [0.05, 0.1) is 6.10 Å². The molecule has 0 saturated heterocycles. The Labute approximate surface area is 129 Å². The van der Waals surface area contributed by atoms with Gasteiger partial charge >= 0.3 is 0 Å². The van der Waals surface area contributed by atoms with Gasteiger partial charge in [-0.25, -0.2) is 0 Å². The number of aliphatic hydroxyl groups is 1. The van der Waals surface area contributed by atoms with Crippen molar-refractivity contribution in [2.24, 2.45) is 0 Å². The molecule has 1 N–H and O–H groups in total. The van der Waals surface area contributed by atoms with Crippen molar-refractivity contribution in [1.29, 1.82) is 0 Å². The second kappa shape index (κ2) is 5.98. The van der Waals surface area contributed by atoms with E-state index in [-0.39, 0.29) is 0 Å². The molecule has 0 bridgehead atoms. The lowest BCUT2D eigenvalue weighted by atomic mass is 10.1. The van der Waals surface area contributed by atoms with Crippen LogP contribution in [0.1, 0.15) is 29.7 Å². The van der Waals surface area contributed by atoms with Gasteiger partial charge in [0.2, 0.25) is 0 Å². The summed E-state index contributed by atoms with van der Waals surface area (Å²) in [6, 6.07) is 12.4. The number of anilines is 2. The molecular weight excluding hydrogens is 314 g/mol. The van der Waals surface area contributed by atoms with Crippen LogP contribution in [-0.4, -0.2) is 12.2 Å². The molecule has 2 aromatic rings. The summed E-state index contributed by atoms with van der Waals surface area (Å²) >= 11 is 3.51. The highest BCUT2D eigenvalue weighted by Gasteiger charge is 2.14. The highest BCUT2D eigenvalue weighted by molar-refractivity contribution is 9.10. The van der Waals surface area contributed by atoms with Crippen molar-refractivity contribution in [2.45, 2.75) is 26.9 Å². The van der Waals surface area contributed by atoms with E-state index in [2.05, 4.69) is 52.9 Å². The van der Waals surface area contributed by atoms with Crippen LogP contribution in [0, 0.1) is 13.8 Å². The average Bonchev–Trinajstić information content (AvgIpc) is 2.36. The lowest BCUT2D eigenvalue weighted by molar-refractivity contribution is 0.200. The molecule has 1 unspecified atom stereocenters. The Hall–Kier alpha value is -1.32. The second-order valence-corrected chi connectivity index (χ2v) is 6.20. The van der Waals surface area contributed by atoms with E-state index >= 15 is 0 Å². The van der Waals surface area contributed by atoms with Crippen LogP contribution >= 0.6 is 15.9 Å². The predicted octanol–water partition coefficient (Wildman–Crippen LogP) is 4.89. The summed E-state index contributed by atoms with van der Waals surface area (Å²) in [5.74, 6) is 0. The number of rotatable bonds is 3. The fourth-order valence-electron chi connectivity index (χ4n) is 2.44. The largest absolute Gasteiger partial charge is 0.389 e. The van der Waals surface area contributed by atoms with Gasteiger partial charge in [-0.05, 0) is 56.2 Å². The van der Waals surface area contributed by atoms with E-state index in [1.807, 2.05) is 25.2 Å². The van der Waals surface area contributed by atoms with Gasteiger partial charge in [0.1, 0.15) is 0 Å². The fraction of sp³-hybridized carbons (Fsp3) is 0.294. The normalized spacial score (nSPS) is 12.3. The van der Waals surface area contributed by atoms with Gasteiger partial charge in [-0.15, -0.1) is 0 Å². The first-order valence-corrected chi connectivity index (χ1v) is 7.47. The highest BCUT2D eigenvalue weighted by Crippen LogP contribution is 2.33. The summed E-state index contributed by atoms with van der Waals surface area (Å²) in [7, 11) is 2.03. The molecule has 0 radical (unpaired) electrons. The minimum absolute atomic E-state index is 0.494. The monoisotopic (exact) mass is 333 g/mol. The molecule has 0 aliphatic heterocycles. The van der Waals surface area contributed by atoms with E-state index in [4.69, 9.17) is 0 Å². The molecule has 0 aliphatic rings. The zero-order valence-electron chi connectivity index (χ0n) is 12.3. The van der Waals surface area contributed by atoms with E-state index in [9.17, 15) is 5.11 Å². The zero-order chi connectivity index (χ0) is 14.9. The first-order valence-electron chi connectivity index (χ1n) is 6.68. The molecule has 106 valence electrons. The summed E-state index contributed by atoms with van der Waals surface area (Å²) in [6.45, 7) is 5.99. The van der Waals surface area contributed by atoms with Crippen LogP contribution in [0.4, 0.5) is 11.4 Å².